The molecule has 0 spiro atoms. The van der Waals surface area contributed by atoms with Gasteiger partial charge in [0, 0.05) is 38.3 Å². The first-order chi connectivity index (χ1) is 13.6. The van der Waals surface area contributed by atoms with E-state index in [0.717, 1.165) is 5.56 Å². The second-order valence-corrected chi connectivity index (χ2v) is 6.65. The van der Waals surface area contributed by atoms with Crippen LogP contribution in [0, 0.1) is 0 Å². The van der Waals surface area contributed by atoms with Crippen molar-refractivity contribution in [1.82, 2.24) is 20.4 Å². The Morgan fingerprint density at radius 3 is 2.07 bits per heavy atom. The van der Waals surface area contributed by atoms with Gasteiger partial charge in [0.2, 0.25) is 5.91 Å². The lowest BCUT2D eigenvalue weighted by molar-refractivity contribution is -0.121. The summed E-state index contributed by atoms with van der Waals surface area (Å²) in [7, 11) is 0. The molecular weight excluding hydrogens is 356 g/mol. The molecule has 7 nitrogen and oxygen atoms in total. The SMILES string of the molecule is O=C(CN1CCN(C(=O)c2ccccc2)CC1)NC(=O)NCc1ccccc1. The smallest absolute Gasteiger partial charge is 0.321 e. The molecule has 0 unspecified atom stereocenters. The van der Waals surface area contributed by atoms with E-state index in [0.29, 0.717) is 38.3 Å². The molecule has 0 saturated carbocycles. The van der Waals surface area contributed by atoms with Crippen molar-refractivity contribution in [3.05, 3.63) is 71.8 Å². The van der Waals surface area contributed by atoms with Gasteiger partial charge in [-0.15, -0.1) is 0 Å². The third kappa shape index (κ3) is 5.65. The molecule has 1 saturated heterocycles. The summed E-state index contributed by atoms with van der Waals surface area (Å²) in [5.74, 6) is -0.349. The van der Waals surface area contributed by atoms with Crippen molar-refractivity contribution in [2.24, 2.45) is 0 Å². The molecule has 1 aliphatic rings. The van der Waals surface area contributed by atoms with Crippen LogP contribution >= 0.6 is 0 Å². The fraction of sp³-hybridized carbons (Fsp3) is 0.286. The summed E-state index contributed by atoms with van der Waals surface area (Å²) in [6.07, 6.45) is 0. The zero-order valence-corrected chi connectivity index (χ0v) is 15.6. The number of benzene rings is 2. The lowest BCUT2D eigenvalue weighted by Gasteiger charge is -2.34. The van der Waals surface area contributed by atoms with Gasteiger partial charge in [-0.3, -0.25) is 19.8 Å². The summed E-state index contributed by atoms with van der Waals surface area (Å²) in [5, 5.41) is 5.01. The molecule has 28 heavy (non-hydrogen) atoms. The average Bonchev–Trinajstić information content (AvgIpc) is 2.73. The summed E-state index contributed by atoms with van der Waals surface area (Å²) in [6, 6.07) is 18.1. The van der Waals surface area contributed by atoms with Crippen molar-refractivity contribution in [3.8, 4) is 0 Å². The number of imide groups is 1. The monoisotopic (exact) mass is 380 g/mol. The molecule has 1 aliphatic heterocycles. The summed E-state index contributed by atoms with van der Waals surface area (Å²) in [5.41, 5.74) is 1.63. The minimum absolute atomic E-state index is 0.00462. The van der Waals surface area contributed by atoms with Gasteiger partial charge in [0.25, 0.3) is 5.91 Å². The topological polar surface area (TPSA) is 81.8 Å². The van der Waals surface area contributed by atoms with Crippen molar-refractivity contribution >= 4 is 17.8 Å². The molecule has 0 radical (unpaired) electrons. The van der Waals surface area contributed by atoms with Crippen molar-refractivity contribution in [3.63, 3.8) is 0 Å². The molecule has 0 aliphatic carbocycles. The summed E-state index contributed by atoms with van der Waals surface area (Å²) >= 11 is 0. The van der Waals surface area contributed by atoms with Gasteiger partial charge in [0.1, 0.15) is 0 Å². The van der Waals surface area contributed by atoms with E-state index < -0.39 is 6.03 Å². The number of piperazine rings is 1. The number of rotatable bonds is 5. The molecule has 2 aromatic carbocycles. The van der Waals surface area contributed by atoms with Crippen LogP contribution in [0.5, 0.6) is 0 Å². The molecule has 7 heteroatoms. The molecule has 0 bridgehead atoms. The maximum Gasteiger partial charge on any atom is 0.321 e. The highest BCUT2D eigenvalue weighted by Crippen LogP contribution is 2.08. The predicted molar refractivity (Wildman–Crippen MR) is 106 cm³/mol. The van der Waals surface area contributed by atoms with E-state index in [1.54, 1.807) is 17.0 Å². The van der Waals surface area contributed by atoms with E-state index in [2.05, 4.69) is 10.6 Å². The highest BCUT2D eigenvalue weighted by molar-refractivity contribution is 5.95. The van der Waals surface area contributed by atoms with E-state index in [1.165, 1.54) is 0 Å². The lowest BCUT2D eigenvalue weighted by atomic mass is 10.2. The third-order valence-corrected chi connectivity index (χ3v) is 4.60. The number of hydrogen-bond donors (Lipinski definition) is 2. The maximum absolute atomic E-state index is 12.4. The van der Waals surface area contributed by atoms with E-state index in [9.17, 15) is 14.4 Å². The largest absolute Gasteiger partial charge is 0.336 e. The number of hydrogen-bond acceptors (Lipinski definition) is 4. The zero-order chi connectivity index (χ0) is 19.8. The Kier molecular flexibility index (Phi) is 6.75. The van der Waals surface area contributed by atoms with Gasteiger partial charge in [-0.05, 0) is 17.7 Å². The number of carbonyl (C=O) groups excluding carboxylic acids is 3. The highest BCUT2D eigenvalue weighted by Gasteiger charge is 2.23. The van der Waals surface area contributed by atoms with E-state index >= 15 is 0 Å². The Morgan fingerprint density at radius 1 is 0.821 bits per heavy atom. The molecule has 1 fully saturated rings. The Labute approximate surface area is 164 Å². The molecule has 146 valence electrons. The van der Waals surface area contributed by atoms with E-state index in [-0.39, 0.29) is 18.4 Å². The summed E-state index contributed by atoms with van der Waals surface area (Å²) in [6.45, 7) is 2.80. The Morgan fingerprint density at radius 2 is 1.43 bits per heavy atom. The van der Waals surface area contributed by atoms with Crippen LogP contribution in [0.15, 0.2) is 60.7 Å². The minimum atomic E-state index is -0.508. The van der Waals surface area contributed by atoms with Gasteiger partial charge in [-0.2, -0.15) is 0 Å². The standard InChI is InChI=1S/C21H24N4O3/c26-19(23-21(28)22-15-17-7-3-1-4-8-17)16-24-11-13-25(14-12-24)20(27)18-9-5-2-6-10-18/h1-10H,11-16H2,(H2,22,23,26,28). The molecular formula is C21H24N4O3. The second kappa shape index (κ2) is 9.66. The number of nitrogens with zero attached hydrogens (tertiary/aromatic N) is 2. The van der Waals surface area contributed by atoms with Gasteiger partial charge < -0.3 is 10.2 Å². The Balaban J connectivity index is 1.37. The molecule has 3 rings (SSSR count). The molecule has 4 amide bonds. The van der Waals surface area contributed by atoms with Crippen LogP contribution in [0.3, 0.4) is 0 Å². The first-order valence-corrected chi connectivity index (χ1v) is 9.30. The van der Waals surface area contributed by atoms with Gasteiger partial charge in [0.05, 0.1) is 6.54 Å². The molecule has 1 heterocycles. The van der Waals surface area contributed by atoms with Crippen LogP contribution in [0.25, 0.3) is 0 Å². The normalized spacial score (nSPS) is 14.4. The van der Waals surface area contributed by atoms with Crippen LogP contribution in [0.1, 0.15) is 15.9 Å². The van der Waals surface area contributed by atoms with Crippen LogP contribution in [0.2, 0.25) is 0 Å². The Hall–Kier alpha value is -3.19. The van der Waals surface area contributed by atoms with E-state index in [4.69, 9.17) is 0 Å². The molecule has 2 N–H and O–H groups in total. The van der Waals surface area contributed by atoms with Crippen LogP contribution < -0.4 is 10.6 Å². The van der Waals surface area contributed by atoms with Crippen molar-refractivity contribution in [2.75, 3.05) is 32.7 Å². The third-order valence-electron chi connectivity index (χ3n) is 4.60. The lowest BCUT2D eigenvalue weighted by Crippen LogP contribution is -2.52. The number of nitrogens with one attached hydrogen (secondary N) is 2. The molecule has 0 atom stereocenters. The number of amides is 4. The maximum atomic E-state index is 12.4. The van der Waals surface area contributed by atoms with Crippen molar-refractivity contribution in [2.45, 2.75) is 6.54 Å². The zero-order valence-electron chi connectivity index (χ0n) is 15.6. The van der Waals surface area contributed by atoms with Gasteiger partial charge in [-0.25, -0.2) is 4.79 Å². The van der Waals surface area contributed by atoms with Crippen LogP contribution in [0.4, 0.5) is 4.79 Å². The fourth-order valence-corrected chi connectivity index (χ4v) is 3.06. The first-order valence-electron chi connectivity index (χ1n) is 9.30. The summed E-state index contributed by atoms with van der Waals surface area (Å²) < 4.78 is 0. The fourth-order valence-electron chi connectivity index (χ4n) is 3.06. The molecule has 0 aromatic heterocycles. The predicted octanol–water partition coefficient (Wildman–Crippen LogP) is 1.47. The van der Waals surface area contributed by atoms with E-state index in [1.807, 2.05) is 53.4 Å². The minimum Gasteiger partial charge on any atom is -0.336 e. The first kappa shape index (κ1) is 19.6. The second-order valence-electron chi connectivity index (χ2n) is 6.65. The van der Waals surface area contributed by atoms with Gasteiger partial charge in [0.15, 0.2) is 0 Å². The van der Waals surface area contributed by atoms with Gasteiger partial charge >= 0.3 is 6.03 Å². The van der Waals surface area contributed by atoms with Gasteiger partial charge in [-0.1, -0.05) is 48.5 Å². The summed E-state index contributed by atoms with van der Waals surface area (Å²) in [4.78, 5) is 40.1. The average molecular weight is 380 g/mol. The van der Waals surface area contributed by atoms with Crippen molar-refractivity contribution < 1.29 is 14.4 Å². The molecule has 2 aromatic rings. The number of urea groups is 1. The van der Waals surface area contributed by atoms with Crippen molar-refractivity contribution in [1.29, 1.82) is 0 Å². The Bertz CT molecular complexity index is 803. The highest BCUT2D eigenvalue weighted by atomic mass is 16.2. The van der Waals surface area contributed by atoms with Crippen LogP contribution in [-0.4, -0.2) is 60.4 Å². The quantitative estimate of drug-likeness (QED) is 0.823. The number of carbonyl (C=O) groups is 3. The van der Waals surface area contributed by atoms with Crippen LogP contribution in [-0.2, 0) is 11.3 Å².